The van der Waals surface area contributed by atoms with Crippen molar-refractivity contribution in [2.75, 3.05) is 28.6 Å². The smallest absolute Gasteiger partial charge is 0.245 e. The fraction of sp³-hybridized carbons (Fsp3) is 0.292. The summed E-state index contributed by atoms with van der Waals surface area (Å²) in [5, 5.41) is 17.7. The molecule has 182 valence electrons. The summed E-state index contributed by atoms with van der Waals surface area (Å²) in [5.41, 5.74) is 2.53. The Morgan fingerprint density at radius 2 is 1.97 bits per heavy atom. The Morgan fingerprint density at radius 1 is 1.20 bits per heavy atom. The fourth-order valence-corrected chi connectivity index (χ4v) is 3.41. The van der Waals surface area contributed by atoms with Gasteiger partial charge >= 0.3 is 0 Å². The van der Waals surface area contributed by atoms with Crippen molar-refractivity contribution in [1.82, 2.24) is 29.8 Å². The van der Waals surface area contributed by atoms with Gasteiger partial charge in [-0.15, -0.1) is 17.9 Å². The first-order valence-electron chi connectivity index (χ1n) is 11.1. The number of hydrogen-bond donors (Lipinski definition) is 3. The third-order valence-corrected chi connectivity index (χ3v) is 5.19. The molecule has 0 atom stereocenters. The third kappa shape index (κ3) is 6.54. The van der Waals surface area contributed by atoms with Gasteiger partial charge in [0.05, 0.1) is 11.9 Å². The molecule has 1 amide bonds. The van der Waals surface area contributed by atoms with Crippen molar-refractivity contribution in [3.05, 3.63) is 54.4 Å². The first-order valence-corrected chi connectivity index (χ1v) is 11.1. The molecule has 4 aromatic heterocycles. The van der Waals surface area contributed by atoms with E-state index in [0.29, 0.717) is 18.0 Å². The van der Waals surface area contributed by atoms with Gasteiger partial charge < -0.3 is 15.5 Å². The molecule has 11 heteroatoms. The summed E-state index contributed by atoms with van der Waals surface area (Å²) in [7, 11) is 0. The Labute approximate surface area is 203 Å². The highest BCUT2D eigenvalue weighted by atomic mass is 19.1. The highest BCUT2D eigenvalue weighted by molar-refractivity contribution is 5.73. The number of aromatic amines is 1. The van der Waals surface area contributed by atoms with E-state index in [2.05, 4.69) is 62.5 Å². The summed E-state index contributed by atoms with van der Waals surface area (Å²) in [6, 6.07) is 8.61. The van der Waals surface area contributed by atoms with Crippen molar-refractivity contribution < 1.29 is 9.18 Å². The number of carbonyl (C=O) groups excluding carboxylic acids is 1. The number of fused-ring (bicyclic) bond motifs is 1. The van der Waals surface area contributed by atoms with Crippen LogP contribution in [0.2, 0.25) is 0 Å². The second kappa shape index (κ2) is 12.1. The van der Waals surface area contributed by atoms with Crippen LogP contribution in [0.4, 0.5) is 27.7 Å². The minimum Gasteiger partial charge on any atom is -0.340 e. The van der Waals surface area contributed by atoms with Gasteiger partial charge in [-0.25, -0.2) is 9.50 Å². The van der Waals surface area contributed by atoms with E-state index in [9.17, 15) is 9.18 Å². The minimum absolute atomic E-state index is 0.414. The van der Waals surface area contributed by atoms with Crippen molar-refractivity contribution in [3.63, 3.8) is 0 Å². The minimum atomic E-state index is -0.559. The molecule has 5 rings (SSSR count). The second-order valence-corrected chi connectivity index (χ2v) is 7.91. The number of amides is 1. The number of terminal acetylenes is 1. The molecule has 1 aliphatic heterocycles. The lowest BCUT2D eigenvalue weighted by molar-refractivity contribution is -0.105. The normalized spacial score (nSPS) is 12.5. The Morgan fingerprint density at radius 3 is 2.60 bits per heavy atom. The second-order valence-electron chi connectivity index (χ2n) is 7.91. The zero-order valence-electron chi connectivity index (χ0n) is 19.6. The quantitative estimate of drug-likeness (QED) is 0.219. The van der Waals surface area contributed by atoms with Crippen LogP contribution in [0.15, 0.2) is 42.7 Å². The summed E-state index contributed by atoms with van der Waals surface area (Å²) in [5.74, 6) is 2.19. The van der Waals surface area contributed by atoms with Crippen molar-refractivity contribution in [1.29, 1.82) is 0 Å². The molecule has 0 aliphatic carbocycles. The van der Waals surface area contributed by atoms with Gasteiger partial charge in [0.25, 0.3) is 0 Å². The number of nitrogens with zero attached hydrogens (tertiary/aromatic N) is 6. The molecule has 5 heterocycles. The SMILES string of the molecule is C#C.CC(C)c1cc(Nc2nc(N3CCCC3)nn3cccc23)n[nH]1.O=CNc1ccc(F)nc1. The predicted molar refractivity (Wildman–Crippen MR) is 134 cm³/mol. The van der Waals surface area contributed by atoms with Crippen LogP contribution in [0.1, 0.15) is 38.3 Å². The molecule has 0 bridgehead atoms. The van der Waals surface area contributed by atoms with Gasteiger partial charge in [-0.1, -0.05) is 13.8 Å². The average molecular weight is 478 g/mol. The summed E-state index contributed by atoms with van der Waals surface area (Å²) >= 11 is 0. The third-order valence-electron chi connectivity index (χ3n) is 5.19. The van der Waals surface area contributed by atoms with Crippen LogP contribution >= 0.6 is 0 Å². The van der Waals surface area contributed by atoms with Gasteiger partial charge in [0.2, 0.25) is 18.3 Å². The maximum atomic E-state index is 12.1. The Hall–Kier alpha value is -4.46. The maximum absolute atomic E-state index is 12.1. The number of hydrogen-bond acceptors (Lipinski definition) is 7. The Balaban J connectivity index is 0.000000240. The van der Waals surface area contributed by atoms with E-state index < -0.39 is 5.95 Å². The molecular weight excluding hydrogens is 449 g/mol. The molecule has 35 heavy (non-hydrogen) atoms. The van der Waals surface area contributed by atoms with Crippen LogP contribution < -0.4 is 15.5 Å². The summed E-state index contributed by atoms with van der Waals surface area (Å²) in [6.45, 7) is 6.32. The number of nitrogens with one attached hydrogen (secondary N) is 3. The van der Waals surface area contributed by atoms with Gasteiger partial charge in [0, 0.05) is 31.0 Å². The number of anilines is 4. The highest BCUT2D eigenvalue weighted by Gasteiger charge is 2.18. The van der Waals surface area contributed by atoms with Crippen LogP contribution in [0.5, 0.6) is 0 Å². The molecule has 0 spiro atoms. The van der Waals surface area contributed by atoms with Crippen molar-refractivity contribution in [2.45, 2.75) is 32.6 Å². The highest BCUT2D eigenvalue weighted by Crippen LogP contribution is 2.24. The molecule has 0 aromatic carbocycles. The van der Waals surface area contributed by atoms with E-state index in [-0.39, 0.29) is 0 Å². The van der Waals surface area contributed by atoms with Gasteiger partial charge in [0.1, 0.15) is 5.52 Å². The van der Waals surface area contributed by atoms with Gasteiger partial charge in [0.15, 0.2) is 11.6 Å². The van der Waals surface area contributed by atoms with E-state index in [1.807, 2.05) is 28.9 Å². The molecule has 4 aromatic rings. The zero-order chi connectivity index (χ0) is 25.2. The number of aromatic nitrogens is 6. The maximum Gasteiger partial charge on any atom is 0.245 e. The van der Waals surface area contributed by atoms with Crippen molar-refractivity contribution in [3.8, 4) is 12.8 Å². The lowest BCUT2D eigenvalue weighted by Gasteiger charge is -2.16. The van der Waals surface area contributed by atoms with Crippen molar-refractivity contribution >= 4 is 35.2 Å². The predicted octanol–water partition coefficient (Wildman–Crippen LogP) is 3.96. The monoisotopic (exact) mass is 477 g/mol. The van der Waals surface area contributed by atoms with Crippen molar-refractivity contribution in [2.24, 2.45) is 0 Å². The van der Waals surface area contributed by atoms with Gasteiger partial charge in [-0.05, 0) is 43.0 Å². The van der Waals surface area contributed by atoms with Gasteiger partial charge in [-0.2, -0.15) is 14.5 Å². The fourth-order valence-electron chi connectivity index (χ4n) is 3.41. The molecule has 1 aliphatic rings. The molecule has 3 N–H and O–H groups in total. The Kier molecular flexibility index (Phi) is 8.72. The van der Waals surface area contributed by atoms with E-state index >= 15 is 0 Å². The van der Waals surface area contributed by atoms with Crippen LogP contribution in [-0.2, 0) is 4.79 Å². The van der Waals surface area contributed by atoms with E-state index in [1.165, 1.54) is 31.2 Å². The average Bonchev–Trinajstić information content (AvgIpc) is 3.64. The summed E-state index contributed by atoms with van der Waals surface area (Å²) in [4.78, 5) is 20.1. The molecule has 0 unspecified atom stereocenters. The van der Waals surface area contributed by atoms with Crippen LogP contribution in [0.3, 0.4) is 0 Å². The molecule has 10 nitrogen and oxygen atoms in total. The summed E-state index contributed by atoms with van der Waals surface area (Å²) in [6.07, 6.45) is 14.1. The van der Waals surface area contributed by atoms with E-state index in [4.69, 9.17) is 4.98 Å². The number of pyridine rings is 1. The van der Waals surface area contributed by atoms with Crippen LogP contribution in [0.25, 0.3) is 5.52 Å². The Bertz CT molecular complexity index is 1240. The number of rotatable bonds is 6. The zero-order valence-corrected chi connectivity index (χ0v) is 19.6. The number of halogens is 1. The molecule has 1 fully saturated rings. The van der Waals surface area contributed by atoms with E-state index in [1.54, 1.807) is 0 Å². The largest absolute Gasteiger partial charge is 0.340 e. The first-order chi connectivity index (χ1) is 17.0. The summed E-state index contributed by atoms with van der Waals surface area (Å²) < 4.78 is 14.0. The topological polar surface area (TPSA) is 116 Å². The number of H-pyrrole nitrogens is 1. The molecule has 0 radical (unpaired) electrons. The first kappa shape index (κ1) is 25.2. The van der Waals surface area contributed by atoms with Crippen LogP contribution in [0, 0.1) is 18.8 Å². The molecule has 0 saturated carbocycles. The molecule has 1 saturated heterocycles. The number of carbonyl (C=O) groups is 1. The van der Waals surface area contributed by atoms with Gasteiger partial charge in [-0.3, -0.25) is 9.89 Å². The standard InChI is InChI=1S/C16H21N7.C6H5FN2O.C2H2/c1-11(2)12-10-14(20-19-12)17-15-13-6-5-9-23(13)21-16(18-15)22-7-3-4-8-22;7-6-2-1-5(3-8-6)9-4-10;1-2/h5-6,9-11H,3-4,7-8H2,1-2H3,(H2,17,18,19,20,21);1-4H,(H,9,10);1-2H. The van der Waals surface area contributed by atoms with E-state index in [0.717, 1.165) is 41.9 Å². The lowest BCUT2D eigenvalue weighted by atomic mass is 10.1. The molecular formula is C24H28FN9O. The lowest BCUT2D eigenvalue weighted by Crippen LogP contribution is -2.22. The van der Waals surface area contributed by atoms with Crippen LogP contribution in [-0.4, -0.2) is 49.3 Å².